The van der Waals surface area contributed by atoms with Gasteiger partial charge in [0.25, 0.3) is 0 Å². The number of rotatable bonds is 6. The van der Waals surface area contributed by atoms with Gasteiger partial charge in [0.1, 0.15) is 6.29 Å². The maximum Gasteiger partial charge on any atom is 0.233 e. The van der Waals surface area contributed by atoms with Crippen LogP contribution in [0.3, 0.4) is 0 Å². The highest BCUT2D eigenvalue weighted by Crippen LogP contribution is 2.34. The minimum absolute atomic E-state index is 0.134. The molecule has 1 aliphatic carbocycles. The van der Waals surface area contributed by atoms with Crippen LogP contribution < -0.4 is 26.6 Å². The summed E-state index contributed by atoms with van der Waals surface area (Å²) in [6.07, 6.45) is 8.20. The molecule has 5 N–H and O–H groups in total. The van der Waals surface area contributed by atoms with Gasteiger partial charge in [0, 0.05) is 37.0 Å². The van der Waals surface area contributed by atoms with Crippen molar-refractivity contribution in [3.63, 3.8) is 0 Å². The SMILES string of the molecule is COC1CNCC(C2CCNC(NC3CC(NC(=O)C4CCC(C)S4)CCC3C)N2)C1. The first kappa shape index (κ1) is 23.8. The van der Waals surface area contributed by atoms with Gasteiger partial charge in [0.05, 0.1) is 11.4 Å². The van der Waals surface area contributed by atoms with E-state index in [0.717, 1.165) is 64.6 Å². The maximum absolute atomic E-state index is 12.7. The Morgan fingerprint density at radius 2 is 1.94 bits per heavy atom. The number of ether oxygens (including phenoxy) is 1. The minimum atomic E-state index is 0.134. The standard InChI is InChI=1S/C23H43N5O2S/c1-14-4-6-17(26-22(29)21-7-5-15(2)31-21)11-20(14)28-23-25-9-8-19(27-23)16-10-18(30-3)13-24-12-16/h14-21,23-25,27-28H,4-13H2,1-3H3,(H,26,29). The summed E-state index contributed by atoms with van der Waals surface area (Å²) in [6.45, 7) is 7.64. The Kier molecular flexibility index (Phi) is 8.56. The van der Waals surface area contributed by atoms with Crippen LogP contribution in [0.25, 0.3) is 0 Å². The second-order valence-corrected chi connectivity index (χ2v) is 11.9. The number of methoxy groups -OCH3 is 1. The third kappa shape index (κ3) is 6.36. The van der Waals surface area contributed by atoms with Crippen molar-refractivity contribution in [1.82, 2.24) is 26.6 Å². The van der Waals surface area contributed by atoms with Crippen LogP contribution >= 0.6 is 11.8 Å². The molecule has 4 rings (SSSR count). The van der Waals surface area contributed by atoms with Crippen LogP contribution in [0, 0.1) is 11.8 Å². The van der Waals surface area contributed by atoms with Crippen molar-refractivity contribution < 1.29 is 9.53 Å². The Bertz CT molecular complexity index is 596. The molecule has 0 aromatic carbocycles. The second-order valence-electron chi connectivity index (χ2n) is 10.2. The van der Waals surface area contributed by atoms with E-state index < -0.39 is 0 Å². The predicted octanol–water partition coefficient (Wildman–Crippen LogP) is 1.39. The summed E-state index contributed by atoms with van der Waals surface area (Å²) in [5.41, 5.74) is 0. The monoisotopic (exact) mass is 453 g/mol. The van der Waals surface area contributed by atoms with Gasteiger partial charge in [-0.1, -0.05) is 13.8 Å². The number of carbonyl (C=O) groups excluding carboxylic acids is 1. The minimum Gasteiger partial charge on any atom is -0.380 e. The molecule has 0 aromatic rings. The van der Waals surface area contributed by atoms with Crippen molar-refractivity contribution in [2.75, 3.05) is 26.7 Å². The molecule has 178 valence electrons. The number of piperidine rings is 1. The molecule has 7 nitrogen and oxygen atoms in total. The van der Waals surface area contributed by atoms with E-state index in [-0.39, 0.29) is 17.4 Å². The zero-order chi connectivity index (χ0) is 21.8. The van der Waals surface area contributed by atoms with E-state index in [4.69, 9.17) is 4.74 Å². The fourth-order valence-corrected chi connectivity index (χ4v) is 7.12. The van der Waals surface area contributed by atoms with E-state index in [0.29, 0.717) is 41.3 Å². The lowest BCUT2D eigenvalue weighted by molar-refractivity contribution is -0.121. The van der Waals surface area contributed by atoms with Gasteiger partial charge in [-0.2, -0.15) is 0 Å². The molecule has 0 aromatic heterocycles. The van der Waals surface area contributed by atoms with Crippen molar-refractivity contribution in [3.8, 4) is 0 Å². The molecule has 1 saturated carbocycles. The summed E-state index contributed by atoms with van der Waals surface area (Å²) in [5.74, 6) is 1.48. The molecular weight excluding hydrogens is 410 g/mol. The Hall–Kier alpha value is -0.380. The fraction of sp³-hybridized carbons (Fsp3) is 0.957. The first-order chi connectivity index (χ1) is 15.0. The van der Waals surface area contributed by atoms with Crippen LogP contribution in [0.5, 0.6) is 0 Å². The molecule has 31 heavy (non-hydrogen) atoms. The lowest BCUT2D eigenvalue weighted by Gasteiger charge is -2.43. The lowest BCUT2D eigenvalue weighted by Crippen LogP contribution is -2.66. The molecule has 8 heteroatoms. The number of hydrogen-bond acceptors (Lipinski definition) is 7. The largest absolute Gasteiger partial charge is 0.380 e. The van der Waals surface area contributed by atoms with Crippen LogP contribution in [0.1, 0.15) is 58.8 Å². The predicted molar refractivity (Wildman–Crippen MR) is 127 cm³/mol. The summed E-state index contributed by atoms with van der Waals surface area (Å²) in [6, 6.07) is 1.20. The lowest BCUT2D eigenvalue weighted by atomic mass is 9.82. The van der Waals surface area contributed by atoms with Crippen molar-refractivity contribution in [1.29, 1.82) is 0 Å². The maximum atomic E-state index is 12.7. The molecule has 1 amide bonds. The molecule has 3 aliphatic heterocycles. The molecule has 9 atom stereocenters. The molecular formula is C23H43N5O2S. The summed E-state index contributed by atoms with van der Waals surface area (Å²) in [4.78, 5) is 12.7. The Morgan fingerprint density at radius 3 is 2.71 bits per heavy atom. The quantitative estimate of drug-likeness (QED) is 0.416. The van der Waals surface area contributed by atoms with E-state index in [9.17, 15) is 4.79 Å². The number of nitrogens with one attached hydrogen (secondary N) is 5. The third-order valence-corrected chi connectivity index (χ3v) is 9.36. The van der Waals surface area contributed by atoms with Gasteiger partial charge in [-0.15, -0.1) is 11.8 Å². The van der Waals surface area contributed by atoms with Crippen molar-refractivity contribution in [3.05, 3.63) is 0 Å². The van der Waals surface area contributed by atoms with Gasteiger partial charge in [-0.3, -0.25) is 20.7 Å². The van der Waals surface area contributed by atoms with Crippen LogP contribution in [-0.4, -0.2) is 73.7 Å². The van der Waals surface area contributed by atoms with Crippen molar-refractivity contribution in [2.45, 2.75) is 99.8 Å². The average Bonchev–Trinajstić information content (AvgIpc) is 3.23. The molecule has 0 bridgehead atoms. The first-order valence-corrected chi connectivity index (χ1v) is 13.4. The summed E-state index contributed by atoms with van der Waals surface area (Å²) in [5, 5.41) is 19.0. The van der Waals surface area contributed by atoms with Crippen LogP contribution in [0.2, 0.25) is 0 Å². The zero-order valence-corrected chi connectivity index (χ0v) is 20.3. The molecule has 4 aliphatic rings. The van der Waals surface area contributed by atoms with Gasteiger partial charge in [-0.05, 0) is 69.9 Å². The van der Waals surface area contributed by atoms with E-state index in [2.05, 4.69) is 40.4 Å². The zero-order valence-electron chi connectivity index (χ0n) is 19.5. The Balaban J connectivity index is 1.26. The Labute approximate surface area is 192 Å². The highest BCUT2D eigenvalue weighted by molar-refractivity contribution is 8.01. The van der Waals surface area contributed by atoms with Gasteiger partial charge >= 0.3 is 0 Å². The third-order valence-electron chi connectivity index (χ3n) is 7.88. The first-order valence-electron chi connectivity index (χ1n) is 12.5. The molecule has 4 fully saturated rings. The number of amides is 1. The summed E-state index contributed by atoms with van der Waals surface area (Å²) in [7, 11) is 1.82. The van der Waals surface area contributed by atoms with Gasteiger partial charge in [0.15, 0.2) is 0 Å². The van der Waals surface area contributed by atoms with E-state index in [1.54, 1.807) is 0 Å². The average molecular weight is 454 g/mol. The molecule has 3 saturated heterocycles. The smallest absolute Gasteiger partial charge is 0.233 e. The fourth-order valence-electron chi connectivity index (χ4n) is 5.83. The van der Waals surface area contributed by atoms with E-state index >= 15 is 0 Å². The molecule has 9 unspecified atom stereocenters. The highest BCUT2D eigenvalue weighted by Gasteiger charge is 2.36. The molecule has 3 heterocycles. The molecule has 0 spiro atoms. The van der Waals surface area contributed by atoms with Crippen LogP contribution in [0.4, 0.5) is 0 Å². The van der Waals surface area contributed by atoms with E-state index in [1.807, 2.05) is 18.9 Å². The second kappa shape index (κ2) is 11.2. The molecule has 0 radical (unpaired) electrons. The summed E-state index contributed by atoms with van der Waals surface area (Å²) < 4.78 is 5.60. The van der Waals surface area contributed by atoms with Gasteiger partial charge < -0.3 is 15.4 Å². The highest BCUT2D eigenvalue weighted by atomic mass is 32.2. The van der Waals surface area contributed by atoms with Crippen molar-refractivity contribution in [2.24, 2.45) is 11.8 Å². The number of thioether (sulfide) groups is 1. The van der Waals surface area contributed by atoms with Gasteiger partial charge in [-0.25, -0.2) is 0 Å². The normalized spacial score (nSPS) is 44.2. The number of carbonyl (C=O) groups is 1. The van der Waals surface area contributed by atoms with Crippen LogP contribution in [-0.2, 0) is 9.53 Å². The summed E-state index contributed by atoms with van der Waals surface area (Å²) >= 11 is 1.85. The number of hydrogen-bond donors (Lipinski definition) is 5. The van der Waals surface area contributed by atoms with E-state index in [1.165, 1.54) is 0 Å². The van der Waals surface area contributed by atoms with Crippen molar-refractivity contribution >= 4 is 17.7 Å². The topological polar surface area (TPSA) is 86.5 Å². The van der Waals surface area contributed by atoms with Gasteiger partial charge in [0.2, 0.25) is 5.91 Å². The van der Waals surface area contributed by atoms with Crippen LogP contribution in [0.15, 0.2) is 0 Å². The Morgan fingerprint density at radius 1 is 1.06 bits per heavy atom.